The Bertz CT molecular complexity index is 999. The monoisotopic (exact) mass is 411 g/mol. The maximum atomic E-state index is 13.3. The third-order valence-electron chi connectivity index (χ3n) is 5.66. The maximum Gasteiger partial charge on any atom is 0.318 e. The van der Waals surface area contributed by atoms with Crippen molar-refractivity contribution in [2.45, 2.75) is 58.2 Å². The average Bonchev–Trinajstić information content (AvgIpc) is 3.40. The van der Waals surface area contributed by atoms with Crippen LogP contribution in [0.2, 0.25) is 0 Å². The van der Waals surface area contributed by atoms with Crippen LogP contribution in [-0.4, -0.2) is 21.5 Å². The molecule has 1 aliphatic carbocycles. The third-order valence-corrected chi connectivity index (χ3v) is 7.92. The molecular formula is C22H25N3OS2. The smallest absolute Gasteiger partial charge is 0.318 e. The van der Waals surface area contributed by atoms with Crippen LogP contribution < -0.4 is 5.32 Å². The van der Waals surface area contributed by atoms with Crippen molar-refractivity contribution in [1.29, 1.82) is 0 Å². The van der Waals surface area contributed by atoms with Crippen LogP contribution >= 0.6 is 22.7 Å². The molecule has 0 saturated heterocycles. The first-order valence-corrected chi connectivity index (χ1v) is 11.7. The van der Waals surface area contributed by atoms with Gasteiger partial charge in [-0.15, -0.1) is 22.7 Å². The molecule has 2 aliphatic rings. The van der Waals surface area contributed by atoms with Gasteiger partial charge in [0.05, 0.1) is 12.2 Å². The van der Waals surface area contributed by atoms with Gasteiger partial charge in [0.25, 0.3) is 0 Å². The highest BCUT2D eigenvalue weighted by Crippen LogP contribution is 2.44. The molecule has 1 aliphatic heterocycles. The van der Waals surface area contributed by atoms with Crippen molar-refractivity contribution >= 4 is 28.7 Å². The van der Waals surface area contributed by atoms with Gasteiger partial charge in [-0.1, -0.05) is 6.07 Å². The third kappa shape index (κ3) is 2.90. The number of nitrogens with zero attached hydrogens (tertiary/aromatic N) is 2. The predicted molar refractivity (Wildman–Crippen MR) is 116 cm³/mol. The summed E-state index contributed by atoms with van der Waals surface area (Å²) in [5.74, 6) is 0. The summed E-state index contributed by atoms with van der Waals surface area (Å²) in [6.07, 6.45) is 7.01. The maximum absolute atomic E-state index is 13.3. The van der Waals surface area contributed by atoms with Crippen LogP contribution in [0.4, 0.5) is 4.79 Å². The molecule has 2 amide bonds. The lowest BCUT2D eigenvalue weighted by Gasteiger charge is -2.31. The van der Waals surface area contributed by atoms with Crippen molar-refractivity contribution in [3.8, 4) is 5.00 Å². The minimum absolute atomic E-state index is 0.0183. The molecule has 0 fully saturated rings. The number of aryl methyl sites for hydroxylation is 1. The predicted octanol–water partition coefficient (Wildman–Crippen LogP) is 5.50. The number of thiophene rings is 2. The molecule has 4 heterocycles. The van der Waals surface area contributed by atoms with E-state index in [0.717, 1.165) is 6.42 Å². The van der Waals surface area contributed by atoms with E-state index >= 15 is 0 Å². The zero-order chi connectivity index (χ0) is 19.3. The van der Waals surface area contributed by atoms with Crippen molar-refractivity contribution in [1.82, 2.24) is 14.8 Å². The van der Waals surface area contributed by atoms with E-state index in [2.05, 4.69) is 45.7 Å². The van der Waals surface area contributed by atoms with Crippen LogP contribution in [0.1, 0.15) is 59.3 Å². The van der Waals surface area contributed by atoms with Gasteiger partial charge < -0.3 is 14.8 Å². The molecule has 3 aromatic rings. The molecule has 3 aromatic heterocycles. The van der Waals surface area contributed by atoms with Crippen LogP contribution in [0.5, 0.6) is 0 Å². The molecule has 1 atom stereocenters. The Labute approximate surface area is 173 Å². The van der Waals surface area contributed by atoms with Crippen LogP contribution in [0.15, 0.2) is 35.8 Å². The van der Waals surface area contributed by atoms with Crippen LogP contribution in [0.25, 0.3) is 5.00 Å². The largest absolute Gasteiger partial charge is 0.336 e. The number of hydrogen-bond acceptors (Lipinski definition) is 3. The van der Waals surface area contributed by atoms with Gasteiger partial charge in [0.1, 0.15) is 11.0 Å². The Morgan fingerprint density at radius 1 is 1.18 bits per heavy atom. The van der Waals surface area contributed by atoms with Crippen LogP contribution in [0, 0.1) is 0 Å². The number of carbonyl (C=O) groups excluding carboxylic acids is 1. The van der Waals surface area contributed by atoms with Gasteiger partial charge in [0.2, 0.25) is 0 Å². The number of amides is 2. The number of rotatable bonds is 2. The van der Waals surface area contributed by atoms with Gasteiger partial charge >= 0.3 is 6.03 Å². The van der Waals surface area contributed by atoms with E-state index in [0.29, 0.717) is 6.54 Å². The van der Waals surface area contributed by atoms with Crippen molar-refractivity contribution < 1.29 is 4.79 Å². The summed E-state index contributed by atoms with van der Waals surface area (Å²) < 4.78 is 2.34. The van der Waals surface area contributed by atoms with E-state index in [9.17, 15) is 4.79 Å². The van der Waals surface area contributed by atoms with Crippen molar-refractivity contribution in [3.63, 3.8) is 0 Å². The van der Waals surface area contributed by atoms with Gasteiger partial charge in [-0.05, 0) is 68.7 Å². The minimum Gasteiger partial charge on any atom is -0.336 e. The highest BCUT2D eigenvalue weighted by molar-refractivity contribution is 7.15. The average molecular weight is 412 g/mol. The molecule has 0 radical (unpaired) electrons. The lowest BCUT2D eigenvalue weighted by molar-refractivity contribution is 0.179. The summed E-state index contributed by atoms with van der Waals surface area (Å²) in [4.78, 5) is 18.1. The second-order valence-electron chi connectivity index (χ2n) is 7.95. The first kappa shape index (κ1) is 18.0. The molecule has 1 N–H and O–H groups in total. The number of carbonyl (C=O) groups is 1. The number of nitrogens with one attached hydrogen (secondary N) is 1. The molecule has 146 valence electrons. The molecule has 0 unspecified atom stereocenters. The van der Waals surface area contributed by atoms with E-state index < -0.39 is 0 Å². The normalized spacial score (nSPS) is 18.4. The Kier molecular flexibility index (Phi) is 4.56. The van der Waals surface area contributed by atoms with Gasteiger partial charge in [-0.3, -0.25) is 0 Å². The first-order chi connectivity index (χ1) is 13.6. The molecule has 0 saturated carbocycles. The zero-order valence-corrected chi connectivity index (χ0v) is 17.9. The Morgan fingerprint density at radius 3 is 2.82 bits per heavy atom. The van der Waals surface area contributed by atoms with Crippen LogP contribution in [-0.2, 0) is 19.4 Å². The summed E-state index contributed by atoms with van der Waals surface area (Å²) in [5, 5.41) is 6.56. The molecule has 6 heteroatoms. The molecule has 0 spiro atoms. The summed E-state index contributed by atoms with van der Waals surface area (Å²) in [6.45, 7) is 4.72. The zero-order valence-electron chi connectivity index (χ0n) is 16.3. The van der Waals surface area contributed by atoms with Gasteiger partial charge in [0, 0.05) is 27.6 Å². The fraction of sp³-hybridized carbons (Fsp3) is 0.409. The molecule has 0 bridgehead atoms. The highest BCUT2D eigenvalue weighted by atomic mass is 32.1. The molecule has 5 rings (SSSR count). The second kappa shape index (κ2) is 7.08. The number of aromatic nitrogens is 1. The van der Waals surface area contributed by atoms with Gasteiger partial charge in [0.15, 0.2) is 0 Å². The Balaban J connectivity index is 1.70. The van der Waals surface area contributed by atoms with E-state index in [1.165, 1.54) is 50.8 Å². The SMILES string of the molecule is CC(C)NC(=O)N1Cc2c(sc3c2CCCC3)-n2cccc2[C@H]1c1cccs1. The fourth-order valence-corrected chi connectivity index (χ4v) is 6.71. The second-order valence-corrected chi connectivity index (χ2v) is 10.0. The number of hydrogen-bond donors (Lipinski definition) is 1. The molecule has 4 nitrogen and oxygen atoms in total. The molecule has 28 heavy (non-hydrogen) atoms. The van der Waals surface area contributed by atoms with E-state index in [4.69, 9.17) is 0 Å². The fourth-order valence-electron chi connectivity index (χ4n) is 4.46. The lowest BCUT2D eigenvalue weighted by atomic mass is 9.95. The number of urea groups is 1. The first-order valence-electron chi connectivity index (χ1n) is 10.0. The van der Waals surface area contributed by atoms with E-state index in [1.807, 2.05) is 30.1 Å². The topological polar surface area (TPSA) is 37.3 Å². The van der Waals surface area contributed by atoms with Gasteiger partial charge in [-0.2, -0.15) is 0 Å². The summed E-state index contributed by atoms with van der Waals surface area (Å²) >= 11 is 3.66. The van der Waals surface area contributed by atoms with E-state index in [-0.39, 0.29) is 18.1 Å². The minimum atomic E-state index is -0.0624. The van der Waals surface area contributed by atoms with Crippen LogP contribution in [0.3, 0.4) is 0 Å². The summed E-state index contributed by atoms with van der Waals surface area (Å²) in [5.41, 5.74) is 4.04. The van der Waals surface area contributed by atoms with E-state index in [1.54, 1.807) is 11.3 Å². The number of fused-ring (bicyclic) bond motifs is 5. The standard InChI is InChI=1S/C22H25N3OS2/c1-14(2)23-22(26)25-13-16-15-7-3-4-9-18(15)28-21(16)24-11-5-8-17(24)20(25)19-10-6-12-27-19/h5-6,8,10-12,14,20H,3-4,7,9,13H2,1-2H3,(H,23,26)/t20-/m0/s1. The lowest BCUT2D eigenvalue weighted by Crippen LogP contribution is -2.44. The Morgan fingerprint density at radius 2 is 2.04 bits per heavy atom. The summed E-state index contributed by atoms with van der Waals surface area (Å²) in [6, 6.07) is 8.58. The highest BCUT2D eigenvalue weighted by Gasteiger charge is 2.36. The Hall–Kier alpha value is -2.05. The van der Waals surface area contributed by atoms with Crippen molar-refractivity contribution in [2.75, 3.05) is 0 Å². The quantitative estimate of drug-likeness (QED) is 0.594. The summed E-state index contributed by atoms with van der Waals surface area (Å²) in [7, 11) is 0. The van der Waals surface area contributed by atoms with Crippen molar-refractivity contribution in [3.05, 3.63) is 62.4 Å². The van der Waals surface area contributed by atoms with Crippen molar-refractivity contribution in [2.24, 2.45) is 0 Å². The molecular weight excluding hydrogens is 386 g/mol. The molecule has 0 aromatic carbocycles. The van der Waals surface area contributed by atoms with Gasteiger partial charge in [-0.25, -0.2) is 4.79 Å².